The molecule has 0 saturated heterocycles. The van der Waals surface area contributed by atoms with E-state index in [4.69, 9.17) is 10.5 Å². The number of carbonyl (C=O) groups excluding carboxylic acids is 1. The second kappa shape index (κ2) is 5.17. The van der Waals surface area contributed by atoms with Gasteiger partial charge in [0.15, 0.2) is 0 Å². The van der Waals surface area contributed by atoms with Crippen LogP contribution in [-0.2, 0) is 4.74 Å². The molecule has 1 saturated carbocycles. The average molecular weight is 273 g/mol. The van der Waals surface area contributed by atoms with E-state index in [0.29, 0.717) is 17.4 Å². The van der Waals surface area contributed by atoms with Crippen molar-refractivity contribution in [2.75, 3.05) is 12.3 Å². The summed E-state index contributed by atoms with van der Waals surface area (Å²) in [7, 11) is 0. The lowest BCUT2D eigenvalue weighted by Gasteiger charge is -2.35. The summed E-state index contributed by atoms with van der Waals surface area (Å²) >= 11 is 0. The molecule has 1 aromatic heterocycles. The fraction of sp³-hybridized carbons (Fsp3) is 0.400. The number of nitrogen functional groups attached to an aromatic ring is 1. The van der Waals surface area contributed by atoms with Gasteiger partial charge in [-0.2, -0.15) is 0 Å². The maximum Gasteiger partial charge on any atom is 0.253 e. The Morgan fingerprint density at radius 1 is 1.50 bits per heavy atom. The van der Waals surface area contributed by atoms with Crippen LogP contribution in [0.2, 0.25) is 0 Å². The molecule has 1 heterocycles. The molecule has 0 aliphatic heterocycles. The quantitative estimate of drug-likeness (QED) is 0.746. The van der Waals surface area contributed by atoms with Gasteiger partial charge in [-0.05, 0) is 38.0 Å². The molecule has 5 heteroatoms. The van der Waals surface area contributed by atoms with Gasteiger partial charge in [0.25, 0.3) is 5.91 Å². The summed E-state index contributed by atoms with van der Waals surface area (Å²) in [5.74, 6) is -0.0408. The van der Waals surface area contributed by atoms with Gasteiger partial charge in [0.05, 0.1) is 11.7 Å². The highest BCUT2D eigenvalue weighted by Crippen LogP contribution is 2.25. The van der Waals surface area contributed by atoms with E-state index in [1.165, 1.54) is 0 Å². The van der Waals surface area contributed by atoms with Crippen LogP contribution >= 0.6 is 0 Å². The van der Waals surface area contributed by atoms with Crippen LogP contribution in [0.25, 0.3) is 10.9 Å². The van der Waals surface area contributed by atoms with Gasteiger partial charge in [-0.25, -0.2) is 0 Å². The van der Waals surface area contributed by atoms with Crippen molar-refractivity contribution in [2.45, 2.75) is 31.9 Å². The number of rotatable bonds is 4. The molecular weight excluding hydrogens is 254 g/mol. The number of nitrogens with two attached hydrogens (primary N) is 1. The first kappa shape index (κ1) is 13.0. The lowest BCUT2D eigenvalue weighted by atomic mass is 9.89. The number of anilines is 1. The Morgan fingerprint density at radius 2 is 2.30 bits per heavy atom. The van der Waals surface area contributed by atoms with Crippen LogP contribution in [0, 0.1) is 0 Å². The van der Waals surface area contributed by atoms with Crippen LogP contribution in [0.4, 0.5) is 5.69 Å². The number of aromatic amines is 1. The van der Waals surface area contributed by atoms with Gasteiger partial charge in [0, 0.05) is 35.4 Å². The zero-order chi connectivity index (χ0) is 14.1. The molecule has 106 valence electrons. The average Bonchev–Trinajstić information content (AvgIpc) is 2.79. The van der Waals surface area contributed by atoms with Gasteiger partial charge in [-0.1, -0.05) is 0 Å². The van der Waals surface area contributed by atoms with E-state index in [-0.39, 0.29) is 11.9 Å². The number of hydrogen-bond donors (Lipinski definition) is 3. The van der Waals surface area contributed by atoms with E-state index in [1.54, 1.807) is 12.3 Å². The normalized spacial score (nSPS) is 21.6. The van der Waals surface area contributed by atoms with Gasteiger partial charge >= 0.3 is 0 Å². The Labute approximate surface area is 117 Å². The fourth-order valence-electron chi connectivity index (χ4n) is 2.65. The van der Waals surface area contributed by atoms with Gasteiger partial charge in [0.1, 0.15) is 0 Å². The molecule has 4 N–H and O–H groups in total. The topological polar surface area (TPSA) is 80.1 Å². The van der Waals surface area contributed by atoms with Crippen LogP contribution in [0.1, 0.15) is 30.1 Å². The van der Waals surface area contributed by atoms with Crippen LogP contribution in [0.15, 0.2) is 24.4 Å². The van der Waals surface area contributed by atoms with Crippen LogP contribution < -0.4 is 11.1 Å². The van der Waals surface area contributed by atoms with E-state index < -0.39 is 0 Å². The highest BCUT2D eigenvalue weighted by molar-refractivity contribution is 6.07. The van der Waals surface area contributed by atoms with E-state index >= 15 is 0 Å². The molecule has 1 fully saturated rings. The van der Waals surface area contributed by atoms with Gasteiger partial charge < -0.3 is 20.8 Å². The number of benzene rings is 1. The van der Waals surface area contributed by atoms with Crippen molar-refractivity contribution in [2.24, 2.45) is 0 Å². The third kappa shape index (κ3) is 2.36. The second-order valence-corrected chi connectivity index (χ2v) is 5.23. The number of aromatic nitrogens is 1. The maximum atomic E-state index is 12.3. The molecule has 1 aliphatic carbocycles. The van der Waals surface area contributed by atoms with Crippen molar-refractivity contribution < 1.29 is 9.53 Å². The molecule has 0 unspecified atom stereocenters. The summed E-state index contributed by atoms with van der Waals surface area (Å²) in [5, 5.41) is 3.94. The Kier molecular flexibility index (Phi) is 3.36. The van der Waals surface area contributed by atoms with Crippen molar-refractivity contribution in [3.8, 4) is 0 Å². The molecule has 1 amide bonds. The maximum absolute atomic E-state index is 12.3. The minimum absolute atomic E-state index is 0.0408. The molecule has 3 rings (SSSR count). The second-order valence-electron chi connectivity index (χ2n) is 5.23. The van der Waals surface area contributed by atoms with Crippen molar-refractivity contribution in [1.82, 2.24) is 10.3 Å². The molecule has 5 nitrogen and oxygen atoms in total. The Bertz CT molecular complexity index is 629. The van der Waals surface area contributed by atoms with Crippen molar-refractivity contribution >= 4 is 22.5 Å². The third-order valence-electron chi connectivity index (χ3n) is 3.78. The number of hydrogen-bond acceptors (Lipinski definition) is 3. The molecule has 20 heavy (non-hydrogen) atoms. The van der Waals surface area contributed by atoms with Gasteiger partial charge in [0.2, 0.25) is 0 Å². The standard InChI is InChI=1S/C15H19N3O2/c1-2-20-11-6-10(7-11)18-15(19)13-8-17-14-5-9(16)3-4-12(13)14/h3-5,8,10-11,17H,2,6-7,16H2,1H3,(H,18,19). The van der Waals surface area contributed by atoms with Gasteiger partial charge in [-0.15, -0.1) is 0 Å². The highest BCUT2D eigenvalue weighted by atomic mass is 16.5. The molecule has 0 atom stereocenters. The summed E-state index contributed by atoms with van der Waals surface area (Å²) in [5.41, 5.74) is 7.97. The minimum Gasteiger partial charge on any atom is -0.399 e. The molecule has 0 radical (unpaired) electrons. The summed E-state index contributed by atoms with van der Waals surface area (Å²) in [6.07, 6.45) is 3.83. The number of carbonyl (C=O) groups is 1. The van der Waals surface area contributed by atoms with Crippen molar-refractivity contribution in [3.05, 3.63) is 30.0 Å². The lowest BCUT2D eigenvalue weighted by molar-refractivity contribution is -0.00861. The molecule has 1 aromatic carbocycles. The number of amides is 1. The number of ether oxygens (including phenoxy) is 1. The first-order valence-electron chi connectivity index (χ1n) is 6.96. The molecule has 0 bridgehead atoms. The minimum atomic E-state index is -0.0408. The first-order valence-corrected chi connectivity index (χ1v) is 6.96. The zero-order valence-electron chi connectivity index (χ0n) is 11.5. The Balaban J connectivity index is 1.68. The third-order valence-corrected chi connectivity index (χ3v) is 3.78. The molecular formula is C15H19N3O2. The van der Waals surface area contributed by atoms with Crippen molar-refractivity contribution in [1.29, 1.82) is 0 Å². The predicted octanol–water partition coefficient (Wildman–Crippen LogP) is 2.05. The summed E-state index contributed by atoms with van der Waals surface area (Å²) in [6.45, 7) is 2.72. The largest absolute Gasteiger partial charge is 0.399 e. The van der Waals surface area contributed by atoms with Crippen LogP contribution in [0.5, 0.6) is 0 Å². The number of nitrogens with one attached hydrogen (secondary N) is 2. The van der Waals surface area contributed by atoms with Crippen LogP contribution in [-0.4, -0.2) is 29.6 Å². The predicted molar refractivity (Wildman–Crippen MR) is 78.6 cm³/mol. The summed E-state index contributed by atoms with van der Waals surface area (Å²) < 4.78 is 5.49. The van der Waals surface area contributed by atoms with E-state index in [1.807, 2.05) is 19.1 Å². The van der Waals surface area contributed by atoms with Crippen LogP contribution in [0.3, 0.4) is 0 Å². The highest BCUT2D eigenvalue weighted by Gasteiger charge is 2.31. The smallest absolute Gasteiger partial charge is 0.253 e. The molecule has 0 spiro atoms. The van der Waals surface area contributed by atoms with E-state index in [9.17, 15) is 4.79 Å². The summed E-state index contributed by atoms with van der Waals surface area (Å²) in [4.78, 5) is 15.4. The van der Waals surface area contributed by atoms with E-state index in [2.05, 4.69) is 10.3 Å². The first-order chi connectivity index (χ1) is 9.67. The fourth-order valence-corrected chi connectivity index (χ4v) is 2.65. The monoisotopic (exact) mass is 273 g/mol. The SMILES string of the molecule is CCOC1CC(NC(=O)c2c[nH]c3cc(N)ccc23)C1. The lowest BCUT2D eigenvalue weighted by Crippen LogP contribution is -2.47. The number of H-pyrrole nitrogens is 1. The van der Waals surface area contributed by atoms with Gasteiger partial charge in [-0.3, -0.25) is 4.79 Å². The summed E-state index contributed by atoms with van der Waals surface area (Å²) in [6, 6.07) is 5.74. The Morgan fingerprint density at radius 3 is 3.05 bits per heavy atom. The van der Waals surface area contributed by atoms with Crippen molar-refractivity contribution in [3.63, 3.8) is 0 Å². The van der Waals surface area contributed by atoms with E-state index in [0.717, 1.165) is 30.4 Å². The Hall–Kier alpha value is -2.01. The number of fused-ring (bicyclic) bond motifs is 1. The molecule has 1 aliphatic rings. The zero-order valence-corrected chi connectivity index (χ0v) is 11.5. The molecule has 2 aromatic rings.